The average Bonchev–Trinajstić information content (AvgIpc) is 2.46. The molecule has 5 heteroatoms. The van der Waals surface area contributed by atoms with Gasteiger partial charge < -0.3 is 14.7 Å². The standard InChI is InChI=1S/C15H19NO4/c1-11(12-5-3-2-4-6-12)15(19)16-7-8-20-13(10-16)9-14(17)18/h2-6,11,13H,7-10H2,1H3,(H,17,18). The van der Waals surface area contributed by atoms with Gasteiger partial charge in [0.05, 0.1) is 25.0 Å². The van der Waals surface area contributed by atoms with Gasteiger partial charge in [0.1, 0.15) is 0 Å². The van der Waals surface area contributed by atoms with Crippen LogP contribution in [0.1, 0.15) is 24.8 Å². The highest BCUT2D eigenvalue weighted by atomic mass is 16.5. The molecule has 2 unspecified atom stereocenters. The molecule has 1 aliphatic rings. The highest BCUT2D eigenvalue weighted by molar-refractivity contribution is 5.83. The first-order valence-electron chi connectivity index (χ1n) is 6.75. The lowest BCUT2D eigenvalue weighted by atomic mass is 9.99. The van der Waals surface area contributed by atoms with Gasteiger partial charge in [-0.15, -0.1) is 0 Å². The van der Waals surface area contributed by atoms with E-state index in [4.69, 9.17) is 9.84 Å². The van der Waals surface area contributed by atoms with E-state index < -0.39 is 12.1 Å². The lowest BCUT2D eigenvalue weighted by molar-refractivity contribution is -0.148. The largest absolute Gasteiger partial charge is 0.481 e. The van der Waals surface area contributed by atoms with E-state index in [-0.39, 0.29) is 18.2 Å². The van der Waals surface area contributed by atoms with E-state index in [0.717, 1.165) is 5.56 Å². The van der Waals surface area contributed by atoms with Crippen LogP contribution < -0.4 is 0 Å². The molecule has 2 atom stereocenters. The number of carbonyl (C=O) groups is 2. The number of nitrogens with zero attached hydrogens (tertiary/aromatic N) is 1. The molecule has 1 aromatic carbocycles. The molecule has 0 aliphatic carbocycles. The summed E-state index contributed by atoms with van der Waals surface area (Å²) in [7, 11) is 0. The Morgan fingerprint density at radius 2 is 2.10 bits per heavy atom. The molecule has 0 saturated carbocycles. The molecule has 0 radical (unpaired) electrons. The number of amides is 1. The zero-order valence-electron chi connectivity index (χ0n) is 11.5. The SMILES string of the molecule is CC(C(=O)N1CCOC(CC(=O)O)C1)c1ccccc1. The van der Waals surface area contributed by atoms with Gasteiger partial charge in [0.25, 0.3) is 0 Å². The summed E-state index contributed by atoms with van der Waals surface area (Å²) >= 11 is 0. The van der Waals surface area contributed by atoms with E-state index in [0.29, 0.717) is 19.7 Å². The van der Waals surface area contributed by atoms with E-state index in [1.54, 1.807) is 4.90 Å². The van der Waals surface area contributed by atoms with Gasteiger partial charge in [-0.25, -0.2) is 0 Å². The van der Waals surface area contributed by atoms with Gasteiger partial charge in [0.15, 0.2) is 0 Å². The molecule has 1 N–H and O–H groups in total. The minimum Gasteiger partial charge on any atom is -0.481 e. The molecule has 1 aromatic rings. The number of carboxylic acids is 1. The fraction of sp³-hybridized carbons (Fsp3) is 0.467. The van der Waals surface area contributed by atoms with Crippen LogP contribution in [0.15, 0.2) is 30.3 Å². The summed E-state index contributed by atoms with van der Waals surface area (Å²) in [5.41, 5.74) is 0.971. The molecule has 1 amide bonds. The van der Waals surface area contributed by atoms with Gasteiger partial charge in [0.2, 0.25) is 5.91 Å². The maximum absolute atomic E-state index is 12.5. The summed E-state index contributed by atoms with van der Waals surface area (Å²) in [5.74, 6) is -1.10. The molecule has 1 heterocycles. The molecule has 20 heavy (non-hydrogen) atoms. The van der Waals surface area contributed by atoms with Crippen LogP contribution in [-0.2, 0) is 14.3 Å². The predicted octanol–water partition coefficient (Wildman–Crippen LogP) is 1.49. The molecular weight excluding hydrogens is 258 g/mol. The fourth-order valence-corrected chi connectivity index (χ4v) is 2.40. The Labute approximate surface area is 118 Å². The molecule has 1 fully saturated rings. The first-order chi connectivity index (χ1) is 9.58. The molecule has 108 valence electrons. The highest BCUT2D eigenvalue weighted by Crippen LogP contribution is 2.20. The number of aliphatic carboxylic acids is 1. The van der Waals surface area contributed by atoms with Gasteiger partial charge in [-0.3, -0.25) is 9.59 Å². The summed E-state index contributed by atoms with van der Waals surface area (Å²) in [6.07, 6.45) is -0.475. The second-order valence-electron chi connectivity index (χ2n) is 5.01. The minimum absolute atomic E-state index is 0.0230. The summed E-state index contributed by atoms with van der Waals surface area (Å²) in [5, 5.41) is 8.79. The van der Waals surface area contributed by atoms with Crippen molar-refractivity contribution in [1.29, 1.82) is 0 Å². The molecule has 2 rings (SSSR count). The number of hydrogen-bond acceptors (Lipinski definition) is 3. The number of carbonyl (C=O) groups excluding carboxylic acids is 1. The molecular formula is C15H19NO4. The number of hydrogen-bond donors (Lipinski definition) is 1. The van der Waals surface area contributed by atoms with E-state index in [1.165, 1.54) is 0 Å². The quantitative estimate of drug-likeness (QED) is 0.905. The second-order valence-corrected chi connectivity index (χ2v) is 5.01. The first-order valence-corrected chi connectivity index (χ1v) is 6.75. The van der Waals surface area contributed by atoms with E-state index in [1.807, 2.05) is 37.3 Å². The van der Waals surface area contributed by atoms with Gasteiger partial charge in [-0.05, 0) is 12.5 Å². The van der Waals surface area contributed by atoms with Gasteiger partial charge in [-0.2, -0.15) is 0 Å². The van der Waals surface area contributed by atoms with Gasteiger partial charge in [0, 0.05) is 13.1 Å². The van der Waals surface area contributed by atoms with Crippen LogP contribution in [0.2, 0.25) is 0 Å². The predicted molar refractivity (Wildman–Crippen MR) is 73.4 cm³/mol. The minimum atomic E-state index is -0.902. The Kier molecular flexibility index (Phi) is 4.74. The van der Waals surface area contributed by atoms with Crippen molar-refractivity contribution in [3.63, 3.8) is 0 Å². The smallest absolute Gasteiger partial charge is 0.306 e. The van der Waals surface area contributed by atoms with Crippen LogP contribution in [-0.4, -0.2) is 47.7 Å². The normalized spacial score (nSPS) is 20.4. The molecule has 0 spiro atoms. The van der Waals surface area contributed by atoms with Crippen molar-refractivity contribution in [2.45, 2.75) is 25.4 Å². The zero-order valence-corrected chi connectivity index (χ0v) is 11.5. The van der Waals surface area contributed by atoms with Crippen molar-refractivity contribution in [3.8, 4) is 0 Å². The molecule has 1 aliphatic heterocycles. The zero-order chi connectivity index (χ0) is 14.5. The number of benzene rings is 1. The van der Waals surface area contributed by atoms with Crippen molar-refractivity contribution in [2.24, 2.45) is 0 Å². The van der Waals surface area contributed by atoms with Crippen LogP contribution >= 0.6 is 0 Å². The van der Waals surface area contributed by atoms with Crippen molar-refractivity contribution < 1.29 is 19.4 Å². The van der Waals surface area contributed by atoms with Crippen LogP contribution in [0.5, 0.6) is 0 Å². The maximum Gasteiger partial charge on any atom is 0.306 e. The van der Waals surface area contributed by atoms with Crippen molar-refractivity contribution >= 4 is 11.9 Å². The Bertz CT molecular complexity index is 474. The fourth-order valence-electron chi connectivity index (χ4n) is 2.40. The number of morpholine rings is 1. The maximum atomic E-state index is 12.5. The third-order valence-electron chi connectivity index (χ3n) is 3.52. The lowest BCUT2D eigenvalue weighted by Crippen LogP contribution is -2.47. The van der Waals surface area contributed by atoms with Crippen molar-refractivity contribution in [2.75, 3.05) is 19.7 Å². The monoisotopic (exact) mass is 277 g/mol. The average molecular weight is 277 g/mol. The molecule has 5 nitrogen and oxygen atoms in total. The van der Waals surface area contributed by atoms with Crippen LogP contribution in [0.4, 0.5) is 0 Å². The second kappa shape index (κ2) is 6.52. The van der Waals surface area contributed by atoms with Gasteiger partial charge >= 0.3 is 5.97 Å². The van der Waals surface area contributed by atoms with Crippen LogP contribution in [0.3, 0.4) is 0 Å². The molecule has 0 bridgehead atoms. The Hall–Kier alpha value is -1.88. The summed E-state index contributed by atoms with van der Waals surface area (Å²) in [6, 6.07) is 9.59. The van der Waals surface area contributed by atoms with Crippen LogP contribution in [0.25, 0.3) is 0 Å². The summed E-state index contributed by atoms with van der Waals surface area (Å²) in [6.45, 7) is 3.14. The summed E-state index contributed by atoms with van der Waals surface area (Å²) < 4.78 is 5.38. The number of rotatable bonds is 4. The van der Waals surface area contributed by atoms with Crippen LogP contribution in [0, 0.1) is 0 Å². The topological polar surface area (TPSA) is 66.8 Å². The molecule has 0 aromatic heterocycles. The number of ether oxygens (including phenoxy) is 1. The van der Waals surface area contributed by atoms with Crippen molar-refractivity contribution in [3.05, 3.63) is 35.9 Å². The molecule has 1 saturated heterocycles. The Morgan fingerprint density at radius 3 is 2.75 bits per heavy atom. The van der Waals surface area contributed by atoms with Gasteiger partial charge in [-0.1, -0.05) is 30.3 Å². The first kappa shape index (κ1) is 14.5. The number of carboxylic acid groups (broad SMARTS) is 1. The van der Waals surface area contributed by atoms with E-state index in [9.17, 15) is 9.59 Å². The lowest BCUT2D eigenvalue weighted by Gasteiger charge is -2.34. The van der Waals surface area contributed by atoms with E-state index >= 15 is 0 Å². The van der Waals surface area contributed by atoms with Crippen molar-refractivity contribution in [1.82, 2.24) is 4.90 Å². The Balaban J connectivity index is 1.99. The highest BCUT2D eigenvalue weighted by Gasteiger charge is 2.28. The third kappa shape index (κ3) is 3.57. The Morgan fingerprint density at radius 1 is 1.40 bits per heavy atom. The van der Waals surface area contributed by atoms with E-state index in [2.05, 4.69) is 0 Å². The third-order valence-corrected chi connectivity index (χ3v) is 3.52. The summed E-state index contributed by atoms with van der Waals surface area (Å²) in [4.78, 5) is 24.9.